The van der Waals surface area contributed by atoms with Crippen LogP contribution in [-0.4, -0.2) is 15.5 Å². The number of allylic oxidation sites excluding steroid dienone is 1. The summed E-state index contributed by atoms with van der Waals surface area (Å²) in [6, 6.07) is 22.4. The zero-order chi connectivity index (χ0) is 21.6. The van der Waals surface area contributed by atoms with Crippen molar-refractivity contribution >= 4 is 31.8 Å². The van der Waals surface area contributed by atoms with E-state index in [-0.39, 0.29) is 16.4 Å². The first-order valence-electron chi connectivity index (χ1n) is 8.92. The molecule has 0 unspecified atom stereocenters. The van der Waals surface area contributed by atoms with Gasteiger partial charge in [-0.25, -0.2) is 8.42 Å². The normalized spacial score (nSPS) is 11.6. The molecule has 152 valence electrons. The third-order valence-corrected chi connectivity index (χ3v) is 6.48. The lowest BCUT2D eigenvalue weighted by atomic mass is 10.1. The summed E-state index contributed by atoms with van der Waals surface area (Å²) in [5.41, 5.74) is 1.36. The second-order valence-electron chi connectivity index (χ2n) is 6.23. The highest BCUT2D eigenvalue weighted by atomic mass is 79.9. The topological polar surface area (TPSA) is 76.4 Å². The highest BCUT2D eigenvalue weighted by Crippen LogP contribution is 2.34. The Kier molecular flexibility index (Phi) is 6.93. The molecule has 0 fully saturated rings. The molecule has 0 N–H and O–H groups in total. The fourth-order valence-corrected chi connectivity index (χ4v) is 4.17. The second-order valence-corrected chi connectivity index (χ2v) is 9.06. The van der Waals surface area contributed by atoms with Crippen LogP contribution >= 0.6 is 15.9 Å². The molecule has 5 nitrogen and oxygen atoms in total. The molecule has 0 aliphatic heterocycles. The van der Waals surface area contributed by atoms with Gasteiger partial charge in [0, 0.05) is 10.0 Å². The van der Waals surface area contributed by atoms with Crippen molar-refractivity contribution in [1.82, 2.24) is 0 Å². The van der Waals surface area contributed by atoms with Gasteiger partial charge in [-0.1, -0.05) is 58.4 Å². The fraction of sp³-hybridized carbons (Fsp3) is 0.0870. The number of methoxy groups -OCH3 is 1. The number of nitrogens with zero attached hydrogens (tertiary/aromatic N) is 1. The van der Waals surface area contributed by atoms with Crippen LogP contribution in [0.2, 0.25) is 0 Å². The first-order valence-corrected chi connectivity index (χ1v) is 11.2. The highest BCUT2D eigenvalue weighted by molar-refractivity contribution is 9.10. The number of ether oxygens (including phenoxy) is 2. The van der Waals surface area contributed by atoms with Crippen molar-refractivity contribution in [2.24, 2.45) is 0 Å². The molecular formula is C23H18BrNO4S. The van der Waals surface area contributed by atoms with Crippen molar-refractivity contribution in [1.29, 1.82) is 5.26 Å². The minimum atomic E-state index is -3.96. The lowest BCUT2D eigenvalue weighted by molar-refractivity contribution is 0.284. The first kappa shape index (κ1) is 21.6. The van der Waals surface area contributed by atoms with Gasteiger partial charge < -0.3 is 9.47 Å². The summed E-state index contributed by atoms with van der Waals surface area (Å²) in [6.07, 6.45) is 1.31. The largest absolute Gasteiger partial charge is 0.493 e. The Morgan fingerprint density at radius 1 is 1.03 bits per heavy atom. The van der Waals surface area contributed by atoms with E-state index in [1.807, 2.05) is 24.3 Å². The Balaban J connectivity index is 2.00. The van der Waals surface area contributed by atoms with Crippen molar-refractivity contribution in [3.63, 3.8) is 0 Å². The van der Waals surface area contributed by atoms with E-state index in [1.165, 1.54) is 25.3 Å². The van der Waals surface area contributed by atoms with Crippen LogP contribution in [0.3, 0.4) is 0 Å². The number of hydrogen-bond donors (Lipinski definition) is 0. The predicted molar refractivity (Wildman–Crippen MR) is 119 cm³/mol. The average Bonchev–Trinajstić information content (AvgIpc) is 2.77. The Labute approximate surface area is 184 Å². The van der Waals surface area contributed by atoms with Crippen molar-refractivity contribution in [2.75, 3.05) is 7.11 Å². The number of benzene rings is 3. The monoisotopic (exact) mass is 483 g/mol. The molecule has 3 aromatic carbocycles. The molecular weight excluding hydrogens is 466 g/mol. The summed E-state index contributed by atoms with van der Waals surface area (Å²) in [7, 11) is -2.46. The van der Waals surface area contributed by atoms with Gasteiger partial charge in [0.15, 0.2) is 11.5 Å². The summed E-state index contributed by atoms with van der Waals surface area (Å²) in [5.74, 6) is 0.800. The molecule has 0 aromatic heterocycles. The summed E-state index contributed by atoms with van der Waals surface area (Å²) in [4.78, 5) is -0.325. The molecule has 3 rings (SSSR count). The van der Waals surface area contributed by atoms with E-state index in [4.69, 9.17) is 9.47 Å². The maximum Gasteiger partial charge on any atom is 0.216 e. The van der Waals surface area contributed by atoms with Gasteiger partial charge in [0.1, 0.15) is 17.6 Å². The molecule has 3 aromatic rings. The minimum absolute atomic E-state index is 0.0537. The molecule has 0 saturated carbocycles. The van der Waals surface area contributed by atoms with Crippen molar-refractivity contribution in [3.8, 4) is 17.6 Å². The van der Waals surface area contributed by atoms with Gasteiger partial charge in [-0.05, 0) is 42.0 Å². The molecule has 0 aliphatic rings. The molecule has 0 saturated heterocycles. The molecule has 0 spiro atoms. The Bertz CT molecular complexity index is 1200. The van der Waals surface area contributed by atoms with Crippen LogP contribution in [-0.2, 0) is 16.4 Å². The van der Waals surface area contributed by atoms with Crippen LogP contribution in [0, 0.1) is 11.3 Å². The van der Waals surface area contributed by atoms with Crippen LogP contribution in [0.1, 0.15) is 11.1 Å². The molecule has 0 atom stereocenters. The summed E-state index contributed by atoms with van der Waals surface area (Å²) >= 11 is 3.39. The van der Waals surface area contributed by atoms with Crippen molar-refractivity contribution in [3.05, 3.63) is 93.3 Å². The summed E-state index contributed by atoms with van der Waals surface area (Å²) in [6.45, 7) is 0.252. The van der Waals surface area contributed by atoms with Gasteiger partial charge in [-0.3, -0.25) is 0 Å². The van der Waals surface area contributed by atoms with Crippen LogP contribution in [0.15, 0.2) is 87.1 Å². The van der Waals surface area contributed by atoms with Crippen LogP contribution in [0.5, 0.6) is 11.5 Å². The van der Waals surface area contributed by atoms with E-state index in [1.54, 1.807) is 42.5 Å². The van der Waals surface area contributed by atoms with Gasteiger partial charge in [0.05, 0.1) is 12.0 Å². The standard InChI is InChI=1S/C23H18BrNO4S/c1-28-22-9-5-6-18(23(22)29-16-17-10-12-19(24)13-11-17)14-21(15-25)30(26,27)20-7-3-2-4-8-20/h2-14H,16H2,1H3. The Morgan fingerprint density at radius 2 is 1.73 bits per heavy atom. The zero-order valence-corrected chi connectivity index (χ0v) is 18.5. The minimum Gasteiger partial charge on any atom is -0.493 e. The van der Waals surface area contributed by atoms with Gasteiger partial charge in [0.25, 0.3) is 0 Å². The lowest BCUT2D eigenvalue weighted by Crippen LogP contribution is -2.04. The number of hydrogen-bond acceptors (Lipinski definition) is 5. The predicted octanol–water partition coefficient (Wildman–Crippen LogP) is 5.38. The van der Waals surface area contributed by atoms with Crippen LogP contribution in [0.4, 0.5) is 0 Å². The first-order chi connectivity index (χ1) is 14.5. The van der Waals surface area contributed by atoms with Crippen LogP contribution < -0.4 is 9.47 Å². The summed E-state index contributed by atoms with van der Waals surface area (Å²) < 4.78 is 38.1. The van der Waals surface area contributed by atoms with E-state index >= 15 is 0 Å². The lowest BCUT2D eigenvalue weighted by Gasteiger charge is -2.14. The molecule has 0 radical (unpaired) electrons. The van der Waals surface area contributed by atoms with E-state index in [0.717, 1.165) is 10.0 Å². The van der Waals surface area contributed by atoms with E-state index in [2.05, 4.69) is 15.9 Å². The molecule has 30 heavy (non-hydrogen) atoms. The second kappa shape index (κ2) is 9.61. The SMILES string of the molecule is COc1cccc(C=C(C#N)S(=O)(=O)c2ccccc2)c1OCc1ccc(Br)cc1. The smallest absolute Gasteiger partial charge is 0.216 e. The van der Waals surface area contributed by atoms with E-state index < -0.39 is 9.84 Å². The molecule has 0 amide bonds. The van der Waals surface area contributed by atoms with Gasteiger partial charge >= 0.3 is 0 Å². The number of rotatable bonds is 7. The highest BCUT2D eigenvalue weighted by Gasteiger charge is 2.21. The number of nitriles is 1. The zero-order valence-electron chi connectivity index (χ0n) is 16.1. The van der Waals surface area contributed by atoms with Gasteiger partial charge in [-0.2, -0.15) is 5.26 Å². The quantitative estimate of drug-likeness (QED) is 0.421. The van der Waals surface area contributed by atoms with E-state index in [9.17, 15) is 13.7 Å². The third-order valence-electron chi connectivity index (χ3n) is 4.27. The van der Waals surface area contributed by atoms with Crippen LogP contribution in [0.25, 0.3) is 6.08 Å². The van der Waals surface area contributed by atoms with E-state index in [0.29, 0.717) is 17.1 Å². The molecule has 0 heterocycles. The average molecular weight is 484 g/mol. The number of para-hydroxylation sites is 1. The molecule has 7 heteroatoms. The van der Waals surface area contributed by atoms with Gasteiger partial charge in [-0.15, -0.1) is 0 Å². The molecule has 0 bridgehead atoms. The summed E-state index contributed by atoms with van der Waals surface area (Å²) in [5, 5.41) is 9.56. The maximum atomic E-state index is 12.9. The molecule has 0 aliphatic carbocycles. The number of halogens is 1. The maximum absolute atomic E-state index is 12.9. The van der Waals surface area contributed by atoms with Gasteiger partial charge in [0.2, 0.25) is 9.84 Å². The fourth-order valence-electron chi connectivity index (χ4n) is 2.74. The number of sulfone groups is 1. The Hall–Kier alpha value is -3.08. The Morgan fingerprint density at radius 3 is 2.37 bits per heavy atom. The van der Waals surface area contributed by atoms with Crippen molar-refractivity contribution in [2.45, 2.75) is 11.5 Å². The van der Waals surface area contributed by atoms with Crippen molar-refractivity contribution < 1.29 is 17.9 Å². The third kappa shape index (κ3) is 4.90.